The highest BCUT2D eigenvalue weighted by molar-refractivity contribution is 8.01. The van der Waals surface area contributed by atoms with E-state index in [2.05, 4.69) is 5.32 Å². The van der Waals surface area contributed by atoms with Gasteiger partial charge in [-0.3, -0.25) is 14.5 Å². The number of hydrogen-bond acceptors (Lipinski definition) is 5. The molecule has 5 nitrogen and oxygen atoms in total. The Morgan fingerprint density at radius 2 is 1.46 bits per heavy atom. The van der Waals surface area contributed by atoms with Crippen LogP contribution in [-0.4, -0.2) is 18.3 Å². The van der Waals surface area contributed by atoms with Crippen molar-refractivity contribution >= 4 is 40.5 Å². The lowest BCUT2D eigenvalue weighted by Crippen LogP contribution is -2.42. The fourth-order valence-corrected chi connectivity index (χ4v) is 6.51. The maximum atomic E-state index is 14.0. The predicted octanol–water partition coefficient (Wildman–Crippen LogP) is 6.48. The lowest BCUT2D eigenvalue weighted by atomic mass is 9.93. The van der Waals surface area contributed by atoms with Crippen LogP contribution in [0.2, 0.25) is 0 Å². The summed E-state index contributed by atoms with van der Waals surface area (Å²) >= 11 is 1.50. The summed E-state index contributed by atoms with van der Waals surface area (Å²) in [6.45, 7) is 2.47. The molecule has 0 aromatic heterocycles. The normalized spacial score (nSPS) is 18.7. The largest absolute Gasteiger partial charge is 0.494 e. The second-order valence-electron chi connectivity index (χ2n) is 8.75. The van der Waals surface area contributed by atoms with Crippen molar-refractivity contribution in [2.45, 2.75) is 16.7 Å². The third-order valence-electron chi connectivity index (χ3n) is 6.57. The zero-order valence-corrected chi connectivity index (χ0v) is 21.0. The lowest BCUT2D eigenvalue weighted by Gasteiger charge is -2.38. The summed E-state index contributed by atoms with van der Waals surface area (Å²) < 4.78 is 5.63. The molecule has 2 aliphatic rings. The van der Waals surface area contributed by atoms with Gasteiger partial charge in [-0.1, -0.05) is 84.6 Å². The summed E-state index contributed by atoms with van der Waals surface area (Å²) in [4.78, 5) is 29.4. The molecule has 1 saturated heterocycles. The van der Waals surface area contributed by atoms with Gasteiger partial charge < -0.3 is 10.1 Å². The summed E-state index contributed by atoms with van der Waals surface area (Å²) in [6.07, 6.45) is 0. The molecule has 6 heteroatoms. The number of benzene rings is 4. The van der Waals surface area contributed by atoms with E-state index >= 15 is 0 Å². The number of para-hydroxylation sites is 1. The highest BCUT2D eigenvalue weighted by atomic mass is 32.2. The quantitative estimate of drug-likeness (QED) is 0.315. The Balaban J connectivity index is 1.69. The number of hydrogen-bond donors (Lipinski definition) is 1. The average molecular weight is 505 g/mol. The Hall–Kier alpha value is -4.29. The van der Waals surface area contributed by atoms with Crippen LogP contribution in [0.1, 0.15) is 18.1 Å². The number of anilines is 2. The molecule has 1 unspecified atom stereocenters. The van der Waals surface area contributed by atoms with E-state index in [0.29, 0.717) is 29.3 Å². The summed E-state index contributed by atoms with van der Waals surface area (Å²) in [5, 5.41) is 3.53. The van der Waals surface area contributed by atoms with E-state index in [0.717, 1.165) is 21.7 Å². The van der Waals surface area contributed by atoms with Crippen molar-refractivity contribution in [1.82, 2.24) is 0 Å². The SMILES string of the molecule is CCOc1ccc(N2C(=O)C(=O)C3=C(c4ccccc4)Nc4ccccc4SC32c2ccccc2)cc1. The van der Waals surface area contributed by atoms with Gasteiger partial charge in [-0.05, 0) is 54.4 Å². The first-order chi connectivity index (χ1) is 18.1. The van der Waals surface area contributed by atoms with Crippen molar-refractivity contribution in [2.75, 3.05) is 16.8 Å². The van der Waals surface area contributed by atoms with Crippen LogP contribution < -0.4 is 15.0 Å². The second-order valence-corrected chi connectivity index (χ2v) is 9.98. The molecule has 1 N–H and O–H groups in total. The van der Waals surface area contributed by atoms with E-state index in [1.807, 2.05) is 116 Å². The molecule has 2 aliphatic heterocycles. The minimum absolute atomic E-state index is 0.421. The number of nitrogens with one attached hydrogen (secondary N) is 1. The molecule has 0 saturated carbocycles. The first kappa shape index (κ1) is 23.1. The minimum atomic E-state index is -1.13. The van der Waals surface area contributed by atoms with Gasteiger partial charge in [0.25, 0.3) is 5.78 Å². The number of thioether (sulfide) groups is 1. The molecule has 0 bridgehead atoms. The van der Waals surface area contributed by atoms with Gasteiger partial charge in [0.1, 0.15) is 5.75 Å². The summed E-state index contributed by atoms with van der Waals surface area (Å²) in [5.41, 5.74) is 4.24. The molecule has 1 fully saturated rings. The van der Waals surface area contributed by atoms with Gasteiger partial charge in [0, 0.05) is 10.6 Å². The first-order valence-corrected chi connectivity index (χ1v) is 13.0. The van der Waals surface area contributed by atoms with Gasteiger partial charge >= 0.3 is 5.91 Å². The molecule has 0 spiro atoms. The molecule has 182 valence electrons. The van der Waals surface area contributed by atoms with Crippen LogP contribution in [0.15, 0.2) is 120 Å². The lowest BCUT2D eigenvalue weighted by molar-refractivity contribution is -0.132. The van der Waals surface area contributed by atoms with E-state index in [4.69, 9.17) is 4.74 Å². The van der Waals surface area contributed by atoms with Crippen molar-refractivity contribution < 1.29 is 14.3 Å². The highest BCUT2D eigenvalue weighted by Gasteiger charge is 2.59. The van der Waals surface area contributed by atoms with Crippen molar-refractivity contribution in [3.05, 3.63) is 126 Å². The van der Waals surface area contributed by atoms with E-state index in [1.54, 1.807) is 4.90 Å². The molecule has 2 heterocycles. The number of amides is 1. The van der Waals surface area contributed by atoms with Crippen LogP contribution in [0, 0.1) is 0 Å². The standard InChI is InChI=1S/C31H24N2O3S/c1-2-36-24-19-17-23(18-20-24)33-30(35)29(34)27-28(21-11-5-3-6-12-21)32-25-15-9-10-16-26(25)37-31(27,33)22-13-7-4-8-14-22/h3-20,32H,2H2,1H3. The van der Waals surface area contributed by atoms with E-state index in [9.17, 15) is 9.59 Å². The van der Waals surface area contributed by atoms with Gasteiger partial charge in [0.05, 0.1) is 23.6 Å². The van der Waals surface area contributed by atoms with Crippen LogP contribution in [0.4, 0.5) is 11.4 Å². The van der Waals surface area contributed by atoms with Crippen LogP contribution >= 0.6 is 11.8 Å². The van der Waals surface area contributed by atoms with Gasteiger partial charge in [0.15, 0.2) is 4.87 Å². The smallest absolute Gasteiger partial charge is 0.300 e. The zero-order chi connectivity index (χ0) is 25.4. The van der Waals surface area contributed by atoms with Crippen LogP contribution in [0.3, 0.4) is 0 Å². The fourth-order valence-electron chi connectivity index (χ4n) is 4.99. The third-order valence-corrected chi connectivity index (χ3v) is 8.06. The van der Waals surface area contributed by atoms with Crippen LogP contribution in [-0.2, 0) is 14.5 Å². The molecule has 4 aromatic carbocycles. The molecule has 1 atom stereocenters. The predicted molar refractivity (Wildman–Crippen MR) is 148 cm³/mol. The van der Waals surface area contributed by atoms with Gasteiger partial charge in [-0.25, -0.2) is 0 Å². The molecule has 0 aliphatic carbocycles. The number of ether oxygens (including phenoxy) is 1. The zero-order valence-electron chi connectivity index (χ0n) is 20.2. The van der Waals surface area contributed by atoms with Crippen molar-refractivity contribution in [3.8, 4) is 5.75 Å². The molecule has 6 rings (SSSR count). The summed E-state index contributed by atoms with van der Waals surface area (Å²) in [7, 11) is 0. The minimum Gasteiger partial charge on any atom is -0.494 e. The van der Waals surface area contributed by atoms with E-state index in [1.165, 1.54) is 11.8 Å². The van der Waals surface area contributed by atoms with Crippen LogP contribution in [0.25, 0.3) is 5.70 Å². The Bertz CT molecular complexity index is 1520. The molecule has 0 radical (unpaired) electrons. The highest BCUT2D eigenvalue weighted by Crippen LogP contribution is 2.59. The van der Waals surface area contributed by atoms with Crippen molar-refractivity contribution in [3.63, 3.8) is 0 Å². The molecule has 4 aromatic rings. The van der Waals surface area contributed by atoms with E-state index < -0.39 is 16.6 Å². The average Bonchev–Trinajstić information content (AvgIpc) is 3.07. The summed E-state index contributed by atoms with van der Waals surface area (Å²) in [5.74, 6) is -0.381. The number of rotatable bonds is 5. The maximum absolute atomic E-state index is 14.0. The number of carbonyl (C=O) groups is 2. The fraction of sp³-hybridized carbons (Fsp3) is 0.0968. The number of Topliss-reactive ketones (excluding diaryl/α,β-unsaturated/α-hetero) is 1. The monoisotopic (exact) mass is 504 g/mol. The molecular formula is C31H24N2O3S. The summed E-state index contributed by atoms with van der Waals surface area (Å²) in [6, 6.07) is 34.8. The number of ketones is 1. The van der Waals surface area contributed by atoms with Gasteiger partial charge in [0.2, 0.25) is 0 Å². The van der Waals surface area contributed by atoms with Gasteiger partial charge in [-0.15, -0.1) is 0 Å². The molecule has 1 amide bonds. The van der Waals surface area contributed by atoms with Crippen molar-refractivity contribution in [1.29, 1.82) is 0 Å². The molecular weight excluding hydrogens is 480 g/mol. The Kier molecular flexibility index (Phi) is 5.81. The third kappa shape index (κ3) is 3.72. The number of nitrogens with zero attached hydrogens (tertiary/aromatic N) is 1. The first-order valence-electron chi connectivity index (χ1n) is 12.2. The topological polar surface area (TPSA) is 58.6 Å². The Morgan fingerprint density at radius 1 is 0.811 bits per heavy atom. The molecule has 37 heavy (non-hydrogen) atoms. The maximum Gasteiger partial charge on any atom is 0.300 e. The number of fused-ring (bicyclic) bond motifs is 2. The van der Waals surface area contributed by atoms with Gasteiger partial charge in [-0.2, -0.15) is 0 Å². The van der Waals surface area contributed by atoms with Crippen LogP contribution in [0.5, 0.6) is 5.75 Å². The Labute approximate surface area is 219 Å². The van der Waals surface area contributed by atoms with E-state index in [-0.39, 0.29) is 0 Å². The number of carbonyl (C=O) groups excluding carboxylic acids is 2. The second kappa shape index (κ2) is 9.30. The van der Waals surface area contributed by atoms with Crippen molar-refractivity contribution in [2.24, 2.45) is 0 Å². The Morgan fingerprint density at radius 3 is 2.16 bits per heavy atom.